The number of allylic oxidation sites excluding steroid dienone is 1. The second-order valence-electron chi connectivity index (χ2n) is 8.57. The highest BCUT2D eigenvalue weighted by atomic mass is 35.5. The second-order valence-corrected chi connectivity index (χ2v) is 9.39. The molecule has 1 unspecified atom stereocenters. The van der Waals surface area contributed by atoms with Crippen molar-refractivity contribution in [2.24, 2.45) is 0 Å². The highest BCUT2D eigenvalue weighted by Crippen LogP contribution is 2.39. The Balaban J connectivity index is 1.61. The Labute approximate surface area is 208 Å². The van der Waals surface area contributed by atoms with E-state index in [1.54, 1.807) is 49.1 Å². The molecule has 1 aliphatic heterocycles. The molecule has 0 spiro atoms. The van der Waals surface area contributed by atoms with E-state index in [2.05, 4.69) is 5.32 Å². The summed E-state index contributed by atoms with van der Waals surface area (Å²) in [4.78, 5) is 40.0. The molecule has 2 aliphatic rings. The van der Waals surface area contributed by atoms with Gasteiger partial charge in [0, 0.05) is 29.6 Å². The van der Waals surface area contributed by atoms with Crippen molar-refractivity contribution in [3.8, 4) is 0 Å². The van der Waals surface area contributed by atoms with Crippen LogP contribution in [0.3, 0.4) is 0 Å². The first-order chi connectivity index (χ1) is 16.3. The lowest BCUT2D eigenvalue weighted by atomic mass is 9.83. The van der Waals surface area contributed by atoms with Crippen molar-refractivity contribution in [1.82, 2.24) is 10.2 Å². The minimum Gasteiger partial charge on any atom is -0.463 e. The van der Waals surface area contributed by atoms with E-state index >= 15 is 0 Å². The van der Waals surface area contributed by atoms with Crippen molar-refractivity contribution < 1.29 is 19.1 Å². The maximum absolute atomic E-state index is 13.2. The smallest absolute Gasteiger partial charge is 0.336 e. The van der Waals surface area contributed by atoms with Gasteiger partial charge in [-0.15, -0.1) is 0 Å². The van der Waals surface area contributed by atoms with E-state index in [1.807, 2.05) is 12.1 Å². The first kappa shape index (κ1) is 24.3. The van der Waals surface area contributed by atoms with Crippen molar-refractivity contribution in [3.05, 3.63) is 80.5 Å². The standard InChI is InChI=1S/C26H26Cl2N2O4/c1-3-34-26(33)24-15(2)30(23(31)13-20(24)18-8-11-21(27)22(28)12-18)14-16-4-6-17(7-5-16)25(32)29-19-9-10-19/h4-8,11-12,19-20H,3,9-10,13-14H2,1-2H3,(H,29,32). The molecule has 1 aliphatic carbocycles. The van der Waals surface area contributed by atoms with Crippen LogP contribution in [0, 0.1) is 0 Å². The number of carbonyl (C=O) groups is 3. The molecular formula is C26H26Cl2N2O4. The highest BCUT2D eigenvalue weighted by Gasteiger charge is 2.37. The van der Waals surface area contributed by atoms with Gasteiger partial charge in [-0.05, 0) is 62.1 Å². The second kappa shape index (κ2) is 10.2. The van der Waals surface area contributed by atoms with Gasteiger partial charge in [0.25, 0.3) is 5.91 Å². The number of hydrogen-bond donors (Lipinski definition) is 1. The third-order valence-electron chi connectivity index (χ3n) is 6.13. The van der Waals surface area contributed by atoms with E-state index in [-0.39, 0.29) is 37.4 Å². The Morgan fingerprint density at radius 3 is 2.41 bits per heavy atom. The molecule has 1 fully saturated rings. The number of rotatable bonds is 7. The number of ether oxygens (including phenoxy) is 1. The van der Waals surface area contributed by atoms with Crippen LogP contribution in [0.25, 0.3) is 0 Å². The third-order valence-corrected chi connectivity index (χ3v) is 6.87. The van der Waals surface area contributed by atoms with Gasteiger partial charge in [0.1, 0.15) is 0 Å². The summed E-state index contributed by atoms with van der Waals surface area (Å²) in [7, 11) is 0. The van der Waals surface area contributed by atoms with E-state index in [4.69, 9.17) is 27.9 Å². The van der Waals surface area contributed by atoms with Gasteiger partial charge in [-0.3, -0.25) is 9.59 Å². The van der Waals surface area contributed by atoms with E-state index in [9.17, 15) is 14.4 Å². The number of esters is 1. The highest BCUT2D eigenvalue weighted by molar-refractivity contribution is 6.42. The molecule has 0 saturated heterocycles. The Morgan fingerprint density at radius 1 is 1.09 bits per heavy atom. The van der Waals surface area contributed by atoms with Gasteiger partial charge in [0.15, 0.2) is 0 Å². The maximum atomic E-state index is 13.2. The summed E-state index contributed by atoms with van der Waals surface area (Å²) in [6.07, 6.45) is 2.16. The number of carbonyl (C=O) groups excluding carboxylic acids is 3. The molecule has 4 rings (SSSR count). The van der Waals surface area contributed by atoms with Crippen LogP contribution >= 0.6 is 23.2 Å². The number of nitrogens with zero attached hydrogens (tertiary/aromatic N) is 1. The van der Waals surface area contributed by atoms with Crippen molar-refractivity contribution in [1.29, 1.82) is 0 Å². The minimum atomic E-state index is -0.480. The average Bonchev–Trinajstić information content (AvgIpc) is 3.62. The normalized spacial score (nSPS) is 18.2. The number of amides is 2. The van der Waals surface area contributed by atoms with Gasteiger partial charge in [0.05, 0.1) is 28.8 Å². The minimum absolute atomic E-state index is 0.0896. The molecule has 0 aromatic heterocycles. The number of halogens is 2. The summed E-state index contributed by atoms with van der Waals surface area (Å²) in [6, 6.07) is 12.6. The fraction of sp³-hybridized carbons (Fsp3) is 0.346. The maximum Gasteiger partial charge on any atom is 0.336 e. The van der Waals surface area contributed by atoms with Crippen LogP contribution in [0.4, 0.5) is 0 Å². The SMILES string of the molecule is CCOC(=O)C1=C(C)N(Cc2ccc(C(=O)NC3CC3)cc2)C(=O)CC1c1ccc(Cl)c(Cl)c1. The first-order valence-corrected chi connectivity index (χ1v) is 12.1. The van der Waals surface area contributed by atoms with Crippen LogP contribution in [0.15, 0.2) is 53.7 Å². The molecule has 34 heavy (non-hydrogen) atoms. The molecule has 1 saturated carbocycles. The first-order valence-electron chi connectivity index (χ1n) is 11.3. The van der Waals surface area contributed by atoms with Crippen molar-refractivity contribution in [2.45, 2.75) is 51.6 Å². The van der Waals surface area contributed by atoms with E-state index in [1.165, 1.54) is 0 Å². The molecule has 1 N–H and O–H groups in total. The quantitative estimate of drug-likeness (QED) is 0.527. The zero-order valence-corrected chi connectivity index (χ0v) is 20.6. The Hall–Kier alpha value is -2.83. The van der Waals surface area contributed by atoms with E-state index in [0.717, 1.165) is 24.0 Å². The van der Waals surface area contributed by atoms with Gasteiger partial charge in [-0.1, -0.05) is 41.4 Å². The van der Waals surface area contributed by atoms with E-state index in [0.29, 0.717) is 26.9 Å². The Morgan fingerprint density at radius 2 is 1.79 bits per heavy atom. The fourth-order valence-corrected chi connectivity index (χ4v) is 4.44. The molecule has 178 valence electrons. The number of hydrogen-bond acceptors (Lipinski definition) is 4. The van der Waals surface area contributed by atoms with E-state index < -0.39 is 11.9 Å². The lowest BCUT2D eigenvalue weighted by Crippen LogP contribution is -2.38. The predicted octanol–water partition coefficient (Wildman–Crippen LogP) is 5.24. The molecule has 2 aromatic rings. The van der Waals surface area contributed by atoms with Crippen molar-refractivity contribution in [3.63, 3.8) is 0 Å². The monoisotopic (exact) mass is 500 g/mol. The van der Waals surface area contributed by atoms with Gasteiger partial charge in [-0.2, -0.15) is 0 Å². The van der Waals surface area contributed by atoms with Gasteiger partial charge >= 0.3 is 5.97 Å². The summed E-state index contributed by atoms with van der Waals surface area (Å²) in [6.45, 7) is 4.01. The zero-order valence-electron chi connectivity index (χ0n) is 19.1. The van der Waals surface area contributed by atoms with Crippen LogP contribution in [-0.2, 0) is 20.9 Å². The van der Waals surface area contributed by atoms with Crippen LogP contribution in [0.2, 0.25) is 10.0 Å². The molecule has 1 heterocycles. The van der Waals surface area contributed by atoms with Gasteiger partial charge in [-0.25, -0.2) is 4.79 Å². The van der Waals surface area contributed by atoms with Crippen LogP contribution < -0.4 is 5.32 Å². The molecule has 2 amide bonds. The van der Waals surface area contributed by atoms with Crippen molar-refractivity contribution >= 4 is 41.0 Å². The fourth-order valence-electron chi connectivity index (χ4n) is 4.13. The number of benzene rings is 2. The molecule has 0 radical (unpaired) electrons. The lowest BCUT2D eigenvalue weighted by Gasteiger charge is -2.34. The average molecular weight is 501 g/mol. The lowest BCUT2D eigenvalue weighted by molar-refractivity contribution is -0.140. The molecule has 6 nitrogen and oxygen atoms in total. The topological polar surface area (TPSA) is 75.7 Å². The summed E-state index contributed by atoms with van der Waals surface area (Å²) >= 11 is 12.3. The van der Waals surface area contributed by atoms with Crippen LogP contribution in [-0.4, -0.2) is 35.3 Å². The Bertz CT molecular complexity index is 1160. The molecule has 8 heteroatoms. The number of nitrogens with one attached hydrogen (secondary N) is 1. The Kier molecular flexibility index (Phi) is 7.29. The summed E-state index contributed by atoms with van der Waals surface area (Å²) < 4.78 is 5.33. The largest absolute Gasteiger partial charge is 0.463 e. The van der Waals surface area contributed by atoms with Gasteiger partial charge < -0.3 is 15.0 Å². The summed E-state index contributed by atoms with van der Waals surface area (Å²) in [5.74, 6) is -1.14. The van der Waals surface area contributed by atoms with Crippen molar-refractivity contribution in [2.75, 3.05) is 6.61 Å². The van der Waals surface area contributed by atoms with Crippen LogP contribution in [0.5, 0.6) is 0 Å². The molecule has 2 aromatic carbocycles. The summed E-state index contributed by atoms with van der Waals surface area (Å²) in [5, 5.41) is 3.73. The molecular weight excluding hydrogens is 475 g/mol. The van der Waals surface area contributed by atoms with Crippen LogP contribution in [0.1, 0.15) is 60.5 Å². The summed E-state index contributed by atoms with van der Waals surface area (Å²) in [5.41, 5.74) is 3.14. The zero-order chi connectivity index (χ0) is 24.4. The third kappa shape index (κ3) is 5.29. The van der Waals surface area contributed by atoms with Gasteiger partial charge in [0.2, 0.25) is 5.91 Å². The predicted molar refractivity (Wildman–Crippen MR) is 131 cm³/mol. The molecule has 0 bridgehead atoms. The molecule has 1 atom stereocenters.